The van der Waals surface area contributed by atoms with Crippen molar-refractivity contribution >= 4 is 26.0 Å². The highest BCUT2D eigenvalue weighted by molar-refractivity contribution is 8.09. The third-order valence-corrected chi connectivity index (χ3v) is 10.2. The van der Waals surface area contributed by atoms with Crippen LogP contribution in [0.4, 0.5) is 0 Å². The van der Waals surface area contributed by atoms with Crippen LogP contribution in [0.15, 0.2) is 113 Å². The van der Waals surface area contributed by atoms with Crippen LogP contribution in [0.1, 0.15) is 17.9 Å². The monoisotopic (exact) mass is 454 g/mol. The third-order valence-electron chi connectivity index (χ3n) is 4.92. The summed E-state index contributed by atoms with van der Waals surface area (Å²) in [5.41, 5.74) is 0.557. The van der Waals surface area contributed by atoms with E-state index in [1.807, 2.05) is 0 Å². The summed E-state index contributed by atoms with van der Waals surface area (Å²) in [6.07, 6.45) is 3.38. The Kier molecular flexibility index (Phi) is 7.20. The summed E-state index contributed by atoms with van der Waals surface area (Å²) in [4.78, 5) is 10.7. The summed E-state index contributed by atoms with van der Waals surface area (Å²) >= 11 is 0. The number of hydrogen-bond acceptors (Lipinski definition) is 5. The molecular weight excluding hydrogens is 432 g/mol. The van der Waals surface area contributed by atoms with Gasteiger partial charge in [-0.1, -0.05) is 72.8 Å². The van der Waals surface area contributed by atoms with Crippen LogP contribution >= 0.6 is 0 Å². The molecule has 0 aromatic heterocycles. The zero-order valence-corrected chi connectivity index (χ0v) is 18.2. The number of hydrogen-bond donors (Lipinski definition) is 0. The first kappa shape index (κ1) is 22.7. The zero-order valence-electron chi connectivity index (χ0n) is 16.6. The molecule has 0 amide bonds. The van der Waals surface area contributed by atoms with Crippen LogP contribution in [0.2, 0.25) is 0 Å². The zero-order chi connectivity index (χ0) is 22.3. The number of aldehydes is 1. The maximum atomic E-state index is 13.7. The van der Waals surface area contributed by atoms with Gasteiger partial charge in [-0.2, -0.15) is 0 Å². The smallest absolute Gasteiger partial charge is 0.196 e. The highest BCUT2D eigenvalue weighted by Gasteiger charge is 2.45. The van der Waals surface area contributed by atoms with Crippen LogP contribution < -0.4 is 0 Å². The van der Waals surface area contributed by atoms with Gasteiger partial charge in [-0.05, 0) is 42.3 Å². The molecule has 0 radical (unpaired) electrons. The summed E-state index contributed by atoms with van der Waals surface area (Å²) in [5, 5.41) is 0. The van der Waals surface area contributed by atoms with Gasteiger partial charge >= 0.3 is 0 Å². The minimum atomic E-state index is -4.30. The fourth-order valence-electron chi connectivity index (χ4n) is 3.47. The van der Waals surface area contributed by atoms with Gasteiger partial charge in [0.2, 0.25) is 0 Å². The normalized spacial score (nSPS) is 13.3. The summed E-state index contributed by atoms with van der Waals surface area (Å²) < 4.78 is 53.1. The van der Waals surface area contributed by atoms with Crippen molar-refractivity contribution in [3.8, 4) is 0 Å². The lowest BCUT2D eigenvalue weighted by Crippen LogP contribution is -2.36. The molecule has 0 bridgehead atoms. The molecule has 0 heterocycles. The van der Waals surface area contributed by atoms with Crippen molar-refractivity contribution in [2.24, 2.45) is 0 Å². The number of sulfone groups is 2. The highest BCUT2D eigenvalue weighted by atomic mass is 32.3. The Balaban J connectivity index is 2.28. The molecule has 0 aliphatic carbocycles. The molecule has 1 unspecified atom stereocenters. The topological polar surface area (TPSA) is 85.3 Å². The molecule has 0 saturated carbocycles. The van der Waals surface area contributed by atoms with Crippen molar-refractivity contribution in [1.29, 1.82) is 0 Å². The fraction of sp³-hybridized carbons (Fsp3) is 0.125. The lowest BCUT2D eigenvalue weighted by Gasteiger charge is -2.27. The Hall–Kier alpha value is -3.03. The molecule has 3 rings (SSSR count). The van der Waals surface area contributed by atoms with E-state index in [-0.39, 0.29) is 16.2 Å². The summed E-state index contributed by atoms with van der Waals surface area (Å²) in [6, 6.07) is 23.8. The number of allylic oxidation sites excluding steroid dienone is 2. The van der Waals surface area contributed by atoms with Gasteiger partial charge in [-0.3, -0.25) is 4.79 Å². The molecular formula is C24H22O5S2. The first-order chi connectivity index (χ1) is 14.9. The standard InChI is InChI=1S/C24H22O5S2/c25-19-11-10-18-23(20-12-4-1-5-13-20)24(30(26,27)21-14-6-2-7-15-21)31(28,29)22-16-8-3-9-17-22/h1-17,19,23-24H,18H2/b11-10-. The molecule has 0 saturated heterocycles. The fourth-order valence-corrected chi connectivity index (χ4v) is 8.49. The van der Waals surface area contributed by atoms with E-state index in [0.29, 0.717) is 11.8 Å². The molecule has 0 N–H and O–H groups in total. The van der Waals surface area contributed by atoms with Crippen LogP contribution in [0.5, 0.6) is 0 Å². The minimum Gasteiger partial charge on any atom is -0.299 e. The Morgan fingerprint density at radius 2 is 1.06 bits per heavy atom. The average Bonchev–Trinajstić information content (AvgIpc) is 2.80. The average molecular weight is 455 g/mol. The molecule has 3 aromatic rings. The van der Waals surface area contributed by atoms with Crippen molar-refractivity contribution in [2.75, 3.05) is 0 Å². The van der Waals surface area contributed by atoms with E-state index in [1.54, 1.807) is 66.7 Å². The first-order valence-electron chi connectivity index (χ1n) is 9.62. The maximum absolute atomic E-state index is 13.7. The Bertz CT molecular complexity index is 1170. The second-order valence-electron chi connectivity index (χ2n) is 6.90. The van der Waals surface area contributed by atoms with E-state index < -0.39 is 30.2 Å². The predicted molar refractivity (Wildman–Crippen MR) is 120 cm³/mol. The van der Waals surface area contributed by atoms with Gasteiger partial charge in [-0.15, -0.1) is 0 Å². The molecule has 3 aromatic carbocycles. The van der Waals surface area contributed by atoms with Crippen molar-refractivity contribution in [3.63, 3.8) is 0 Å². The van der Waals surface area contributed by atoms with E-state index in [0.717, 1.165) is 0 Å². The van der Waals surface area contributed by atoms with Gasteiger partial charge in [-0.25, -0.2) is 16.8 Å². The van der Waals surface area contributed by atoms with Crippen LogP contribution in [0, 0.1) is 0 Å². The van der Waals surface area contributed by atoms with E-state index in [4.69, 9.17) is 0 Å². The van der Waals surface area contributed by atoms with Gasteiger partial charge in [0.15, 0.2) is 24.3 Å². The predicted octanol–water partition coefficient (Wildman–Crippen LogP) is 4.19. The van der Waals surface area contributed by atoms with Crippen LogP contribution in [0.3, 0.4) is 0 Å². The number of rotatable bonds is 9. The summed E-state index contributed by atoms with van der Waals surface area (Å²) in [5.74, 6) is -0.923. The molecule has 0 fully saturated rings. The summed E-state index contributed by atoms with van der Waals surface area (Å²) in [6.45, 7) is 0. The quantitative estimate of drug-likeness (QED) is 0.357. The van der Waals surface area contributed by atoms with Crippen LogP contribution in [-0.2, 0) is 24.5 Å². The molecule has 31 heavy (non-hydrogen) atoms. The first-order valence-corrected chi connectivity index (χ1v) is 12.7. The molecule has 160 valence electrons. The van der Waals surface area contributed by atoms with Crippen LogP contribution in [0.25, 0.3) is 0 Å². The second kappa shape index (κ2) is 9.85. The minimum absolute atomic E-state index is 0.0611. The molecule has 1 atom stereocenters. The molecule has 5 nitrogen and oxygen atoms in total. The highest BCUT2D eigenvalue weighted by Crippen LogP contribution is 2.38. The van der Waals surface area contributed by atoms with Gasteiger partial charge in [0.25, 0.3) is 0 Å². The molecule has 0 spiro atoms. The Labute approximate surface area is 182 Å². The summed E-state index contributed by atoms with van der Waals surface area (Å²) in [7, 11) is -8.60. The number of carbonyl (C=O) groups excluding carboxylic acids is 1. The molecule has 0 aliphatic heterocycles. The molecule has 7 heteroatoms. The largest absolute Gasteiger partial charge is 0.299 e. The SMILES string of the molecule is O=C/C=C\CC(c1ccccc1)C(S(=O)(=O)c1ccccc1)S(=O)(=O)c1ccccc1. The van der Waals surface area contributed by atoms with Crippen molar-refractivity contribution < 1.29 is 21.6 Å². The lowest BCUT2D eigenvalue weighted by molar-refractivity contribution is -0.104. The van der Waals surface area contributed by atoms with Gasteiger partial charge in [0.05, 0.1) is 9.79 Å². The van der Waals surface area contributed by atoms with Gasteiger partial charge < -0.3 is 0 Å². The second-order valence-corrected chi connectivity index (χ2v) is 11.3. The van der Waals surface area contributed by atoms with E-state index in [1.165, 1.54) is 36.4 Å². The third kappa shape index (κ3) is 5.00. The van der Waals surface area contributed by atoms with E-state index in [9.17, 15) is 21.6 Å². The number of carbonyl (C=O) groups is 1. The van der Waals surface area contributed by atoms with Crippen molar-refractivity contribution in [3.05, 3.63) is 109 Å². The lowest BCUT2D eigenvalue weighted by atomic mass is 9.97. The van der Waals surface area contributed by atoms with Crippen molar-refractivity contribution in [2.45, 2.75) is 26.7 Å². The van der Waals surface area contributed by atoms with E-state index >= 15 is 0 Å². The van der Waals surface area contributed by atoms with Crippen molar-refractivity contribution in [1.82, 2.24) is 0 Å². The van der Waals surface area contributed by atoms with E-state index in [2.05, 4.69) is 0 Å². The van der Waals surface area contributed by atoms with Crippen LogP contribution in [-0.4, -0.2) is 27.7 Å². The Morgan fingerprint density at radius 3 is 1.48 bits per heavy atom. The van der Waals surface area contributed by atoms with Gasteiger partial charge in [0.1, 0.15) is 6.29 Å². The maximum Gasteiger partial charge on any atom is 0.196 e. The molecule has 0 aliphatic rings. The number of benzene rings is 3. The Morgan fingerprint density at radius 1 is 0.645 bits per heavy atom. The van der Waals surface area contributed by atoms with Gasteiger partial charge in [0, 0.05) is 5.92 Å².